The van der Waals surface area contributed by atoms with E-state index in [9.17, 15) is 9.59 Å². The van der Waals surface area contributed by atoms with E-state index in [0.29, 0.717) is 19.7 Å². The lowest BCUT2D eigenvalue weighted by Crippen LogP contribution is -2.50. The number of nitrogens with zero attached hydrogens (tertiary/aromatic N) is 2. The molecule has 3 rings (SSSR count). The van der Waals surface area contributed by atoms with Crippen molar-refractivity contribution < 1.29 is 14.3 Å². The molecule has 28 heavy (non-hydrogen) atoms. The van der Waals surface area contributed by atoms with E-state index in [1.165, 1.54) is 11.8 Å². The Balaban J connectivity index is 1.49. The Morgan fingerprint density at radius 2 is 1.68 bits per heavy atom. The number of anilines is 2. The minimum absolute atomic E-state index is 0.0949. The molecule has 0 radical (unpaired) electrons. The first-order valence-corrected chi connectivity index (χ1v) is 9.46. The highest BCUT2D eigenvalue weighted by Gasteiger charge is 2.21. The number of ether oxygens (including phenoxy) is 1. The van der Waals surface area contributed by atoms with Gasteiger partial charge in [-0.2, -0.15) is 0 Å². The molecular formula is C22H25N3O3. The summed E-state index contributed by atoms with van der Waals surface area (Å²) >= 11 is 0. The lowest BCUT2D eigenvalue weighted by Gasteiger charge is -2.36. The van der Waals surface area contributed by atoms with Crippen molar-refractivity contribution in [2.75, 3.05) is 43.0 Å². The second kappa shape index (κ2) is 9.60. The van der Waals surface area contributed by atoms with E-state index in [0.717, 1.165) is 24.3 Å². The first-order chi connectivity index (χ1) is 13.7. The van der Waals surface area contributed by atoms with Gasteiger partial charge in [0.1, 0.15) is 0 Å². The van der Waals surface area contributed by atoms with Crippen LogP contribution in [0.2, 0.25) is 0 Å². The van der Waals surface area contributed by atoms with Gasteiger partial charge >= 0.3 is 12.0 Å². The Morgan fingerprint density at radius 3 is 2.32 bits per heavy atom. The number of carbonyl (C=O) groups excluding carboxylic acids is 2. The quantitative estimate of drug-likeness (QED) is 0.637. The molecule has 6 nitrogen and oxygen atoms in total. The molecular weight excluding hydrogens is 354 g/mol. The number of amides is 2. The van der Waals surface area contributed by atoms with Crippen LogP contribution < -0.4 is 10.2 Å². The maximum Gasteiger partial charge on any atom is 0.330 e. The van der Waals surface area contributed by atoms with Crippen molar-refractivity contribution in [3.63, 3.8) is 0 Å². The Kier molecular flexibility index (Phi) is 6.68. The van der Waals surface area contributed by atoms with Crippen LogP contribution in [-0.4, -0.2) is 49.7 Å². The number of nitrogens with one attached hydrogen (secondary N) is 1. The van der Waals surface area contributed by atoms with E-state index >= 15 is 0 Å². The zero-order chi connectivity index (χ0) is 19.8. The molecule has 1 aliphatic heterocycles. The van der Waals surface area contributed by atoms with E-state index in [2.05, 4.69) is 22.3 Å². The smallest absolute Gasteiger partial charge is 0.330 e. The summed E-state index contributed by atoms with van der Waals surface area (Å²) in [7, 11) is 0. The number of hydrogen-bond donors (Lipinski definition) is 1. The van der Waals surface area contributed by atoms with Gasteiger partial charge in [0, 0.05) is 43.6 Å². The number of hydrogen-bond acceptors (Lipinski definition) is 4. The molecule has 2 amide bonds. The van der Waals surface area contributed by atoms with Crippen molar-refractivity contribution in [3.05, 3.63) is 66.2 Å². The summed E-state index contributed by atoms with van der Waals surface area (Å²) in [5.74, 6) is -0.366. The minimum atomic E-state index is -0.366. The van der Waals surface area contributed by atoms with Crippen molar-refractivity contribution in [1.29, 1.82) is 0 Å². The maximum atomic E-state index is 12.5. The monoisotopic (exact) mass is 379 g/mol. The number of para-hydroxylation sites is 1. The molecule has 1 fully saturated rings. The van der Waals surface area contributed by atoms with Gasteiger partial charge in [-0.05, 0) is 42.8 Å². The number of benzene rings is 2. The minimum Gasteiger partial charge on any atom is -0.463 e. The second-order valence-electron chi connectivity index (χ2n) is 6.45. The highest BCUT2D eigenvalue weighted by Crippen LogP contribution is 2.17. The summed E-state index contributed by atoms with van der Waals surface area (Å²) in [6.45, 7) is 5.12. The van der Waals surface area contributed by atoms with Crippen LogP contribution in [0.5, 0.6) is 0 Å². The molecule has 0 unspecified atom stereocenters. The molecule has 1 N–H and O–H groups in total. The summed E-state index contributed by atoms with van der Waals surface area (Å²) in [5.41, 5.74) is 2.78. The van der Waals surface area contributed by atoms with Crippen molar-refractivity contribution in [2.45, 2.75) is 6.92 Å². The third-order valence-corrected chi connectivity index (χ3v) is 4.55. The SMILES string of the molecule is CCOC(=O)/C=C\c1ccc(NC(=O)N2CCN(c3ccccc3)CC2)cc1. The van der Waals surface area contributed by atoms with E-state index in [1.807, 2.05) is 47.4 Å². The van der Waals surface area contributed by atoms with Crippen LogP contribution in [0.3, 0.4) is 0 Å². The van der Waals surface area contributed by atoms with Gasteiger partial charge in [-0.25, -0.2) is 9.59 Å². The van der Waals surface area contributed by atoms with Crippen molar-refractivity contribution in [1.82, 2.24) is 4.90 Å². The lowest BCUT2D eigenvalue weighted by molar-refractivity contribution is -0.137. The van der Waals surface area contributed by atoms with Gasteiger partial charge in [-0.1, -0.05) is 30.3 Å². The fraction of sp³-hybridized carbons (Fsp3) is 0.273. The second-order valence-corrected chi connectivity index (χ2v) is 6.45. The van der Waals surface area contributed by atoms with Gasteiger partial charge in [0.05, 0.1) is 6.61 Å². The summed E-state index contributed by atoms with van der Waals surface area (Å²) < 4.78 is 4.85. The number of rotatable bonds is 5. The van der Waals surface area contributed by atoms with Crippen LogP contribution in [0.1, 0.15) is 12.5 Å². The predicted octanol–water partition coefficient (Wildman–Crippen LogP) is 3.62. The van der Waals surface area contributed by atoms with E-state index < -0.39 is 0 Å². The zero-order valence-electron chi connectivity index (χ0n) is 16.0. The lowest BCUT2D eigenvalue weighted by atomic mass is 10.2. The molecule has 146 valence electrons. The molecule has 0 bridgehead atoms. The molecule has 2 aromatic carbocycles. The highest BCUT2D eigenvalue weighted by molar-refractivity contribution is 5.90. The molecule has 0 saturated carbocycles. The number of esters is 1. The molecule has 1 aliphatic rings. The standard InChI is InChI=1S/C22H25N3O3/c1-2-28-21(26)13-10-18-8-11-19(12-9-18)23-22(27)25-16-14-24(15-17-25)20-6-4-3-5-7-20/h3-13H,2,14-17H2,1H3,(H,23,27)/b13-10-. The first-order valence-electron chi connectivity index (χ1n) is 9.46. The Hall–Kier alpha value is -3.28. The number of piperazine rings is 1. The number of carbonyl (C=O) groups is 2. The highest BCUT2D eigenvalue weighted by atomic mass is 16.5. The van der Waals surface area contributed by atoms with Crippen LogP contribution in [0.15, 0.2) is 60.7 Å². The van der Waals surface area contributed by atoms with Crippen LogP contribution in [0.4, 0.5) is 16.2 Å². The fourth-order valence-corrected chi connectivity index (χ4v) is 3.04. The van der Waals surface area contributed by atoms with E-state index in [1.54, 1.807) is 13.0 Å². The first kappa shape index (κ1) is 19.5. The third-order valence-electron chi connectivity index (χ3n) is 4.55. The van der Waals surface area contributed by atoms with Crippen LogP contribution in [0, 0.1) is 0 Å². The van der Waals surface area contributed by atoms with E-state index in [-0.39, 0.29) is 12.0 Å². The maximum absolute atomic E-state index is 12.5. The Bertz CT molecular complexity index is 811. The molecule has 0 spiro atoms. The summed E-state index contributed by atoms with van der Waals surface area (Å²) in [5, 5.41) is 2.93. The molecule has 6 heteroatoms. The average Bonchev–Trinajstić information content (AvgIpc) is 2.74. The zero-order valence-corrected chi connectivity index (χ0v) is 16.0. The van der Waals surface area contributed by atoms with Crippen molar-refractivity contribution >= 4 is 29.5 Å². The van der Waals surface area contributed by atoms with Crippen LogP contribution in [0.25, 0.3) is 6.08 Å². The summed E-state index contributed by atoms with van der Waals surface area (Å²) in [6, 6.07) is 17.5. The molecule has 0 aliphatic carbocycles. The van der Waals surface area contributed by atoms with Gasteiger partial charge in [0.25, 0.3) is 0 Å². The van der Waals surface area contributed by atoms with Crippen LogP contribution in [-0.2, 0) is 9.53 Å². The van der Waals surface area contributed by atoms with Crippen molar-refractivity contribution in [3.8, 4) is 0 Å². The Morgan fingerprint density at radius 1 is 1.00 bits per heavy atom. The molecule has 0 atom stereocenters. The molecule has 2 aromatic rings. The number of urea groups is 1. The Labute approximate surface area is 165 Å². The third kappa shape index (κ3) is 5.36. The summed E-state index contributed by atoms with van der Waals surface area (Å²) in [6.07, 6.45) is 3.08. The predicted molar refractivity (Wildman–Crippen MR) is 111 cm³/mol. The molecule has 1 heterocycles. The van der Waals surface area contributed by atoms with Gasteiger partial charge in [-0.15, -0.1) is 0 Å². The van der Waals surface area contributed by atoms with Gasteiger partial charge in [0.2, 0.25) is 0 Å². The summed E-state index contributed by atoms with van der Waals surface area (Å²) in [4.78, 5) is 28.0. The largest absolute Gasteiger partial charge is 0.463 e. The topological polar surface area (TPSA) is 61.9 Å². The van der Waals surface area contributed by atoms with E-state index in [4.69, 9.17) is 4.74 Å². The fourth-order valence-electron chi connectivity index (χ4n) is 3.04. The van der Waals surface area contributed by atoms with Gasteiger partial charge in [0.15, 0.2) is 0 Å². The van der Waals surface area contributed by atoms with Crippen molar-refractivity contribution in [2.24, 2.45) is 0 Å². The molecule has 1 saturated heterocycles. The van der Waals surface area contributed by atoms with Gasteiger partial charge < -0.3 is 19.9 Å². The van der Waals surface area contributed by atoms with Crippen LogP contribution >= 0.6 is 0 Å². The normalized spacial score (nSPS) is 14.2. The average molecular weight is 379 g/mol. The molecule has 0 aromatic heterocycles. The van der Waals surface area contributed by atoms with Gasteiger partial charge in [-0.3, -0.25) is 0 Å².